The molecule has 0 radical (unpaired) electrons. The fourth-order valence-electron chi connectivity index (χ4n) is 1.50. The van der Waals surface area contributed by atoms with E-state index in [-0.39, 0.29) is 5.04 Å². The molecule has 0 aliphatic rings. The zero-order chi connectivity index (χ0) is 14.7. The van der Waals surface area contributed by atoms with Crippen LogP contribution in [0.1, 0.15) is 33.3 Å². The van der Waals surface area contributed by atoms with Gasteiger partial charge in [0.2, 0.25) is 0 Å². The van der Waals surface area contributed by atoms with Gasteiger partial charge in [-0.15, -0.1) is 0 Å². The summed E-state index contributed by atoms with van der Waals surface area (Å²) in [5.41, 5.74) is 1.14. The quantitative estimate of drug-likeness (QED) is 0.712. The van der Waals surface area contributed by atoms with Gasteiger partial charge in [0, 0.05) is 0 Å². The van der Waals surface area contributed by atoms with Crippen LogP contribution < -0.4 is 9.16 Å². The first kappa shape index (κ1) is 15.8. The van der Waals surface area contributed by atoms with Crippen LogP contribution in [0, 0.1) is 0 Å². The number of methoxy groups -OCH3 is 1. The summed E-state index contributed by atoms with van der Waals surface area (Å²) in [6.07, 6.45) is 4.09. The van der Waals surface area contributed by atoms with E-state index in [1.165, 1.54) is 0 Å². The number of hydrogen-bond acceptors (Lipinski definition) is 2. The van der Waals surface area contributed by atoms with Gasteiger partial charge in [-0.2, -0.15) is 0 Å². The van der Waals surface area contributed by atoms with Crippen molar-refractivity contribution in [3.63, 3.8) is 0 Å². The molecular formula is C16H26O2Si. The molecule has 0 heterocycles. The van der Waals surface area contributed by atoms with Gasteiger partial charge in [0.15, 0.2) is 5.75 Å². The van der Waals surface area contributed by atoms with E-state index in [2.05, 4.69) is 46.0 Å². The Bertz CT molecular complexity index is 456. The van der Waals surface area contributed by atoms with Gasteiger partial charge in [0.05, 0.1) is 7.11 Å². The van der Waals surface area contributed by atoms with Crippen LogP contribution in [0.4, 0.5) is 0 Å². The Morgan fingerprint density at radius 2 is 1.74 bits per heavy atom. The summed E-state index contributed by atoms with van der Waals surface area (Å²) in [7, 11) is -0.160. The van der Waals surface area contributed by atoms with Crippen molar-refractivity contribution in [1.29, 1.82) is 0 Å². The molecule has 19 heavy (non-hydrogen) atoms. The maximum atomic E-state index is 6.36. The van der Waals surface area contributed by atoms with E-state index in [4.69, 9.17) is 9.16 Å². The van der Waals surface area contributed by atoms with Crippen LogP contribution in [0.3, 0.4) is 0 Å². The average Bonchev–Trinajstić information content (AvgIpc) is 2.28. The third-order valence-electron chi connectivity index (χ3n) is 3.72. The van der Waals surface area contributed by atoms with Crippen LogP contribution in [0.15, 0.2) is 24.3 Å². The first-order valence-electron chi connectivity index (χ1n) is 6.71. The molecule has 0 N–H and O–H groups in total. The van der Waals surface area contributed by atoms with Crippen molar-refractivity contribution < 1.29 is 9.16 Å². The Morgan fingerprint density at radius 3 is 2.21 bits per heavy atom. The van der Waals surface area contributed by atoms with Crippen LogP contribution in [0.2, 0.25) is 18.1 Å². The number of ether oxygens (including phenoxy) is 1. The molecule has 0 aromatic heterocycles. The van der Waals surface area contributed by atoms with Gasteiger partial charge in [-0.1, -0.05) is 39.0 Å². The zero-order valence-corrected chi connectivity index (χ0v) is 14.2. The topological polar surface area (TPSA) is 18.5 Å². The second kappa shape index (κ2) is 5.82. The van der Waals surface area contributed by atoms with Crippen molar-refractivity contribution >= 4 is 14.4 Å². The average molecular weight is 278 g/mol. The molecule has 106 valence electrons. The lowest BCUT2D eigenvalue weighted by Crippen LogP contribution is -2.43. The van der Waals surface area contributed by atoms with Crippen LogP contribution in [-0.4, -0.2) is 15.4 Å². The Kier molecular flexibility index (Phi) is 4.85. The van der Waals surface area contributed by atoms with Crippen molar-refractivity contribution in [3.05, 3.63) is 29.8 Å². The largest absolute Gasteiger partial charge is 0.541 e. The van der Waals surface area contributed by atoms with Gasteiger partial charge in [-0.3, -0.25) is 0 Å². The van der Waals surface area contributed by atoms with Gasteiger partial charge in [-0.25, -0.2) is 0 Å². The standard InChI is InChI=1S/C16H26O2Si/c1-8-9-13-10-11-14(17-5)15(12-13)18-19(6,7)16(2,3)4/h8-12H,1-7H3/b9-8+. The van der Waals surface area contributed by atoms with Gasteiger partial charge in [0.1, 0.15) is 5.75 Å². The first-order valence-corrected chi connectivity index (χ1v) is 9.62. The van der Waals surface area contributed by atoms with Crippen LogP contribution in [0.5, 0.6) is 11.5 Å². The lowest BCUT2D eigenvalue weighted by molar-refractivity contribution is 0.386. The number of hydrogen-bond donors (Lipinski definition) is 0. The van der Waals surface area contributed by atoms with Crippen molar-refractivity contribution in [2.75, 3.05) is 7.11 Å². The Hall–Kier alpha value is -1.22. The lowest BCUT2D eigenvalue weighted by Gasteiger charge is -2.36. The molecular weight excluding hydrogens is 252 g/mol. The van der Waals surface area contributed by atoms with Crippen LogP contribution in [-0.2, 0) is 0 Å². The third kappa shape index (κ3) is 3.87. The monoisotopic (exact) mass is 278 g/mol. The fraction of sp³-hybridized carbons (Fsp3) is 0.500. The van der Waals surface area contributed by atoms with E-state index in [1.807, 2.05) is 25.1 Å². The van der Waals surface area contributed by atoms with E-state index in [0.717, 1.165) is 17.1 Å². The smallest absolute Gasteiger partial charge is 0.250 e. The highest BCUT2D eigenvalue weighted by atomic mass is 28.4. The Morgan fingerprint density at radius 1 is 1.11 bits per heavy atom. The second-order valence-electron chi connectivity index (χ2n) is 6.27. The van der Waals surface area contributed by atoms with Gasteiger partial charge < -0.3 is 9.16 Å². The lowest BCUT2D eigenvalue weighted by atomic mass is 10.2. The number of benzene rings is 1. The molecule has 0 saturated heterocycles. The predicted octanol–water partition coefficient (Wildman–Crippen LogP) is 5.11. The maximum absolute atomic E-state index is 6.36. The molecule has 2 nitrogen and oxygen atoms in total. The molecule has 0 unspecified atom stereocenters. The van der Waals surface area contributed by atoms with Crippen molar-refractivity contribution in [1.82, 2.24) is 0 Å². The number of rotatable bonds is 4. The fourth-order valence-corrected chi connectivity index (χ4v) is 2.51. The highest BCUT2D eigenvalue weighted by molar-refractivity contribution is 6.74. The summed E-state index contributed by atoms with van der Waals surface area (Å²) < 4.78 is 11.8. The van der Waals surface area contributed by atoms with Crippen molar-refractivity contribution in [2.24, 2.45) is 0 Å². The summed E-state index contributed by atoms with van der Waals surface area (Å²) in [6, 6.07) is 6.06. The minimum Gasteiger partial charge on any atom is -0.541 e. The van der Waals surface area contributed by atoms with E-state index in [9.17, 15) is 0 Å². The van der Waals surface area contributed by atoms with Gasteiger partial charge in [-0.05, 0) is 42.8 Å². The third-order valence-corrected chi connectivity index (χ3v) is 8.06. The highest BCUT2D eigenvalue weighted by Crippen LogP contribution is 2.40. The van der Waals surface area contributed by atoms with E-state index >= 15 is 0 Å². The molecule has 3 heteroatoms. The SMILES string of the molecule is C/C=C/c1ccc(OC)c(O[Si](C)(C)C(C)(C)C)c1. The van der Waals surface area contributed by atoms with Crippen molar-refractivity contribution in [3.8, 4) is 11.5 Å². The predicted molar refractivity (Wildman–Crippen MR) is 85.5 cm³/mol. The summed E-state index contributed by atoms with van der Waals surface area (Å²) in [5.74, 6) is 1.66. The maximum Gasteiger partial charge on any atom is 0.250 e. The zero-order valence-electron chi connectivity index (χ0n) is 13.2. The van der Waals surface area contributed by atoms with Crippen LogP contribution >= 0.6 is 0 Å². The normalized spacial score (nSPS) is 12.8. The molecule has 0 atom stereocenters. The molecule has 0 aliphatic heterocycles. The molecule has 0 amide bonds. The summed E-state index contributed by atoms with van der Waals surface area (Å²) in [4.78, 5) is 0. The molecule has 0 bridgehead atoms. The number of allylic oxidation sites excluding steroid dienone is 1. The van der Waals surface area contributed by atoms with E-state index in [0.29, 0.717) is 0 Å². The minimum atomic E-state index is -1.84. The molecule has 1 aromatic carbocycles. The summed E-state index contributed by atoms with van der Waals surface area (Å²) in [5, 5.41) is 0.175. The molecule has 0 spiro atoms. The van der Waals surface area contributed by atoms with E-state index < -0.39 is 8.32 Å². The van der Waals surface area contributed by atoms with Gasteiger partial charge >= 0.3 is 0 Å². The molecule has 1 rings (SSSR count). The highest BCUT2D eigenvalue weighted by Gasteiger charge is 2.39. The molecule has 1 aromatic rings. The summed E-state index contributed by atoms with van der Waals surface area (Å²) >= 11 is 0. The van der Waals surface area contributed by atoms with Gasteiger partial charge in [0.25, 0.3) is 8.32 Å². The van der Waals surface area contributed by atoms with Crippen LogP contribution in [0.25, 0.3) is 6.08 Å². The summed E-state index contributed by atoms with van der Waals surface area (Å²) in [6.45, 7) is 13.2. The second-order valence-corrected chi connectivity index (χ2v) is 11.0. The van der Waals surface area contributed by atoms with Crippen molar-refractivity contribution in [2.45, 2.75) is 45.8 Å². The van der Waals surface area contributed by atoms with E-state index in [1.54, 1.807) is 7.11 Å². The molecule has 0 fully saturated rings. The molecule has 0 aliphatic carbocycles. The Labute approximate surface area is 118 Å². The Balaban J connectivity index is 3.14. The molecule has 0 saturated carbocycles. The minimum absolute atomic E-state index is 0.175. The first-order chi connectivity index (χ1) is 8.71.